The van der Waals surface area contributed by atoms with Gasteiger partial charge < -0.3 is 14.5 Å². The number of amides is 1. The molecule has 0 aliphatic carbocycles. The van der Waals surface area contributed by atoms with Gasteiger partial charge in [-0.05, 0) is 18.6 Å². The summed E-state index contributed by atoms with van der Waals surface area (Å²) in [4.78, 5) is 21.6. The Morgan fingerprint density at radius 1 is 1.26 bits per heavy atom. The van der Waals surface area contributed by atoms with Crippen LogP contribution in [0.25, 0.3) is 10.2 Å². The number of benzene rings is 1. The van der Waals surface area contributed by atoms with Crippen molar-refractivity contribution in [3.8, 4) is 5.88 Å². The highest BCUT2D eigenvalue weighted by atomic mass is 35.5. The van der Waals surface area contributed by atoms with E-state index >= 15 is 0 Å². The maximum absolute atomic E-state index is 12.8. The number of halogens is 1. The summed E-state index contributed by atoms with van der Waals surface area (Å²) in [5.41, 5.74) is 2.58. The first kappa shape index (κ1) is 18.1. The predicted molar refractivity (Wildman–Crippen MR) is 107 cm³/mol. The molecule has 1 amide bonds. The Kier molecular flexibility index (Phi) is 4.69. The zero-order valence-corrected chi connectivity index (χ0v) is 17.0. The lowest BCUT2D eigenvalue weighted by molar-refractivity contribution is 0.0743. The molecule has 4 rings (SSSR count). The van der Waals surface area contributed by atoms with Gasteiger partial charge in [-0.1, -0.05) is 29.0 Å². The monoisotopic (exact) mass is 405 g/mol. The largest absolute Gasteiger partial charge is 0.479 e. The second-order valence-corrected chi connectivity index (χ2v) is 7.93. The number of rotatable bonds is 3. The van der Waals surface area contributed by atoms with E-state index in [4.69, 9.17) is 21.3 Å². The number of piperazine rings is 1. The Balaban J connectivity index is 1.50. The molecular formula is C18H20ClN5O2S. The second-order valence-electron chi connectivity index (χ2n) is 6.54. The predicted octanol–water partition coefficient (Wildman–Crippen LogP) is 2.96. The number of carbonyl (C=O) groups is 1. The Morgan fingerprint density at radius 3 is 2.67 bits per heavy atom. The molecule has 142 valence electrons. The molecule has 9 heteroatoms. The maximum Gasteiger partial charge on any atom is 0.261 e. The minimum Gasteiger partial charge on any atom is -0.479 e. The van der Waals surface area contributed by atoms with Crippen LogP contribution in [0, 0.1) is 6.92 Å². The molecule has 0 N–H and O–H groups in total. The van der Waals surface area contributed by atoms with Crippen molar-refractivity contribution in [2.45, 2.75) is 6.92 Å². The van der Waals surface area contributed by atoms with Crippen LogP contribution in [0.15, 0.2) is 18.3 Å². The zero-order valence-electron chi connectivity index (χ0n) is 15.4. The van der Waals surface area contributed by atoms with Gasteiger partial charge in [-0.15, -0.1) is 5.10 Å². The SMILES string of the molecule is COc1nn(C)cc1C(=O)N1CCN(c2nc3c(C)ccc(Cl)c3s2)CC1. The Labute approximate surface area is 166 Å². The van der Waals surface area contributed by atoms with Gasteiger partial charge in [-0.25, -0.2) is 4.98 Å². The van der Waals surface area contributed by atoms with E-state index in [0.29, 0.717) is 24.5 Å². The lowest BCUT2D eigenvalue weighted by atomic mass is 10.2. The van der Waals surface area contributed by atoms with Gasteiger partial charge in [0.1, 0.15) is 5.56 Å². The van der Waals surface area contributed by atoms with Crippen LogP contribution in [0.2, 0.25) is 5.02 Å². The highest BCUT2D eigenvalue weighted by Crippen LogP contribution is 2.36. The van der Waals surface area contributed by atoms with Crippen molar-refractivity contribution in [2.24, 2.45) is 7.05 Å². The van der Waals surface area contributed by atoms with Gasteiger partial charge >= 0.3 is 0 Å². The number of aromatic nitrogens is 3. The molecule has 27 heavy (non-hydrogen) atoms. The summed E-state index contributed by atoms with van der Waals surface area (Å²) in [6, 6.07) is 3.91. The lowest BCUT2D eigenvalue weighted by Gasteiger charge is -2.34. The number of fused-ring (bicyclic) bond motifs is 1. The number of hydrogen-bond donors (Lipinski definition) is 0. The molecule has 1 aliphatic rings. The molecule has 3 aromatic rings. The lowest BCUT2D eigenvalue weighted by Crippen LogP contribution is -2.48. The van der Waals surface area contributed by atoms with E-state index in [1.165, 1.54) is 7.11 Å². The summed E-state index contributed by atoms with van der Waals surface area (Å²) >= 11 is 7.93. The van der Waals surface area contributed by atoms with Gasteiger partial charge in [0.05, 0.1) is 22.3 Å². The van der Waals surface area contributed by atoms with Gasteiger partial charge in [0.15, 0.2) is 5.13 Å². The van der Waals surface area contributed by atoms with E-state index in [0.717, 1.165) is 39.0 Å². The molecule has 0 unspecified atom stereocenters. The molecule has 0 saturated carbocycles. The van der Waals surface area contributed by atoms with Gasteiger partial charge in [0, 0.05) is 39.4 Å². The van der Waals surface area contributed by atoms with Crippen molar-refractivity contribution in [3.05, 3.63) is 34.5 Å². The van der Waals surface area contributed by atoms with E-state index in [1.54, 1.807) is 29.3 Å². The Hall–Kier alpha value is -2.32. The molecule has 3 heterocycles. The third-order valence-electron chi connectivity index (χ3n) is 4.74. The van der Waals surface area contributed by atoms with Crippen LogP contribution in [-0.4, -0.2) is 58.9 Å². The number of hydrogen-bond acceptors (Lipinski definition) is 6. The second kappa shape index (κ2) is 7.01. The van der Waals surface area contributed by atoms with Crippen molar-refractivity contribution >= 4 is 44.2 Å². The van der Waals surface area contributed by atoms with Crippen LogP contribution in [0.3, 0.4) is 0 Å². The fraction of sp³-hybridized carbons (Fsp3) is 0.389. The van der Waals surface area contributed by atoms with E-state index in [2.05, 4.69) is 10.00 Å². The highest BCUT2D eigenvalue weighted by molar-refractivity contribution is 7.22. The van der Waals surface area contributed by atoms with Crippen molar-refractivity contribution in [2.75, 3.05) is 38.2 Å². The molecule has 1 saturated heterocycles. The van der Waals surface area contributed by atoms with Crippen molar-refractivity contribution < 1.29 is 9.53 Å². The van der Waals surface area contributed by atoms with E-state index in [-0.39, 0.29) is 5.91 Å². The number of carbonyl (C=O) groups excluding carboxylic acids is 1. The Morgan fingerprint density at radius 2 is 2.00 bits per heavy atom. The number of anilines is 1. The normalized spacial score (nSPS) is 14.8. The number of nitrogens with zero attached hydrogens (tertiary/aromatic N) is 5. The summed E-state index contributed by atoms with van der Waals surface area (Å²) in [6.07, 6.45) is 1.70. The van der Waals surface area contributed by atoms with Gasteiger partial charge in [0.25, 0.3) is 5.91 Å². The molecule has 1 aromatic carbocycles. The minimum absolute atomic E-state index is 0.0530. The standard InChI is InChI=1S/C18H20ClN5O2S/c1-11-4-5-13(19)15-14(11)20-18(27-15)24-8-6-23(7-9-24)17(25)12-10-22(2)21-16(12)26-3/h4-5,10H,6-9H2,1-3H3. The minimum atomic E-state index is -0.0530. The zero-order chi connectivity index (χ0) is 19.1. The molecule has 1 aliphatic heterocycles. The highest BCUT2D eigenvalue weighted by Gasteiger charge is 2.27. The van der Waals surface area contributed by atoms with E-state index in [9.17, 15) is 4.79 Å². The Bertz CT molecular complexity index is 968. The molecule has 0 radical (unpaired) electrons. The smallest absolute Gasteiger partial charge is 0.261 e. The molecular weight excluding hydrogens is 386 g/mol. The summed E-state index contributed by atoms with van der Waals surface area (Å²) in [6.45, 7) is 4.74. The van der Waals surface area contributed by atoms with E-state index < -0.39 is 0 Å². The van der Waals surface area contributed by atoms with Crippen LogP contribution in [0.4, 0.5) is 5.13 Å². The van der Waals surface area contributed by atoms with Crippen LogP contribution in [0.1, 0.15) is 15.9 Å². The number of aryl methyl sites for hydroxylation is 2. The maximum atomic E-state index is 12.8. The fourth-order valence-electron chi connectivity index (χ4n) is 3.26. The van der Waals surface area contributed by atoms with Crippen LogP contribution < -0.4 is 9.64 Å². The molecule has 0 spiro atoms. The van der Waals surface area contributed by atoms with Crippen LogP contribution in [0.5, 0.6) is 5.88 Å². The number of thiazole rings is 1. The van der Waals surface area contributed by atoms with Gasteiger partial charge in [-0.2, -0.15) is 0 Å². The summed E-state index contributed by atoms with van der Waals surface area (Å²) < 4.78 is 7.83. The van der Waals surface area contributed by atoms with E-state index in [1.807, 2.05) is 24.0 Å². The fourth-order valence-corrected chi connectivity index (χ4v) is 4.63. The topological polar surface area (TPSA) is 63.5 Å². The quantitative estimate of drug-likeness (QED) is 0.670. The third-order valence-corrected chi connectivity index (χ3v) is 6.32. The first-order chi connectivity index (χ1) is 13.0. The summed E-state index contributed by atoms with van der Waals surface area (Å²) in [5, 5.41) is 5.85. The number of methoxy groups -OCH3 is 1. The van der Waals surface area contributed by atoms with Crippen molar-refractivity contribution in [1.29, 1.82) is 0 Å². The summed E-state index contributed by atoms with van der Waals surface area (Å²) in [5.74, 6) is 0.309. The number of ether oxygens (including phenoxy) is 1. The van der Waals surface area contributed by atoms with Crippen LogP contribution >= 0.6 is 22.9 Å². The van der Waals surface area contributed by atoms with Gasteiger partial charge in [0.2, 0.25) is 5.88 Å². The molecule has 7 nitrogen and oxygen atoms in total. The first-order valence-electron chi connectivity index (χ1n) is 8.65. The first-order valence-corrected chi connectivity index (χ1v) is 9.85. The third kappa shape index (κ3) is 3.23. The van der Waals surface area contributed by atoms with Crippen LogP contribution in [-0.2, 0) is 7.05 Å². The molecule has 1 fully saturated rings. The van der Waals surface area contributed by atoms with Gasteiger partial charge in [-0.3, -0.25) is 9.48 Å². The molecule has 0 atom stereocenters. The summed E-state index contributed by atoms with van der Waals surface area (Å²) in [7, 11) is 3.30. The molecule has 2 aromatic heterocycles. The van der Waals surface area contributed by atoms with Crippen molar-refractivity contribution in [1.82, 2.24) is 19.7 Å². The molecule has 0 bridgehead atoms. The average Bonchev–Trinajstić information content (AvgIpc) is 3.29. The average molecular weight is 406 g/mol. The van der Waals surface area contributed by atoms with Crippen molar-refractivity contribution in [3.63, 3.8) is 0 Å².